The summed E-state index contributed by atoms with van der Waals surface area (Å²) >= 11 is 1.35. The van der Waals surface area contributed by atoms with Crippen LogP contribution in [0, 0.1) is 0 Å². The third kappa shape index (κ3) is 2.32. The molecule has 0 aliphatic rings. The van der Waals surface area contributed by atoms with Gasteiger partial charge in [-0.05, 0) is 0 Å². The van der Waals surface area contributed by atoms with Crippen LogP contribution >= 0.6 is 11.3 Å². The highest BCUT2D eigenvalue weighted by atomic mass is 32.1. The number of rotatable bonds is 2. The van der Waals surface area contributed by atoms with Crippen molar-refractivity contribution in [3.63, 3.8) is 0 Å². The lowest BCUT2D eigenvalue weighted by molar-refractivity contribution is 0.143. The zero-order chi connectivity index (χ0) is 10.7. The largest absolute Gasteiger partial charge is 0.512 e. The summed E-state index contributed by atoms with van der Waals surface area (Å²) in [5, 5.41) is 10.7. The first-order valence-electron chi connectivity index (χ1n) is 4.17. The second-order valence-corrected chi connectivity index (χ2v) is 3.58. The van der Waals surface area contributed by atoms with Crippen LogP contribution in [-0.4, -0.2) is 16.2 Å². The fourth-order valence-corrected chi connectivity index (χ4v) is 1.84. The molecule has 2 aromatic rings. The van der Waals surface area contributed by atoms with E-state index in [0.29, 0.717) is 0 Å². The summed E-state index contributed by atoms with van der Waals surface area (Å²) in [7, 11) is 0. The van der Waals surface area contributed by atoms with Gasteiger partial charge in [-0.25, -0.2) is 9.78 Å². The van der Waals surface area contributed by atoms with Crippen LogP contribution in [0.4, 0.5) is 4.79 Å². The van der Waals surface area contributed by atoms with E-state index in [0.717, 1.165) is 10.6 Å². The van der Waals surface area contributed by atoms with Gasteiger partial charge in [-0.2, -0.15) is 0 Å². The molecule has 0 radical (unpaired) electrons. The molecule has 0 saturated carbocycles. The van der Waals surface area contributed by atoms with Crippen molar-refractivity contribution in [2.75, 3.05) is 0 Å². The number of aromatic nitrogens is 1. The Labute approximate surface area is 89.8 Å². The van der Waals surface area contributed by atoms with Crippen LogP contribution in [0.15, 0.2) is 35.7 Å². The van der Waals surface area contributed by atoms with Gasteiger partial charge in [0.2, 0.25) is 5.88 Å². The second kappa shape index (κ2) is 4.10. The average Bonchev–Trinajstić information content (AvgIpc) is 2.67. The van der Waals surface area contributed by atoms with Gasteiger partial charge in [0.1, 0.15) is 5.01 Å². The van der Waals surface area contributed by atoms with Crippen molar-refractivity contribution in [2.45, 2.75) is 0 Å². The molecule has 15 heavy (non-hydrogen) atoms. The van der Waals surface area contributed by atoms with Crippen LogP contribution in [0.5, 0.6) is 5.88 Å². The summed E-state index contributed by atoms with van der Waals surface area (Å²) in [6.07, 6.45) is -1.35. The Balaban J connectivity index is 2.24. The molecule has 0 amide bonds. The van der Waals surface area contributed by atoms with E-state index >= 15 is 0 Å². The Bertz CT molecular complexity index is 467. The van der Waals surface area contributed by atoms with Gasteiger partial charge in [0.25, 0.3) is 0 Å². The van der Waals surface area contributed by atoms with Crippen molar-refractivity contribution < 1.29 is 14.6 Å². The molecule has 0 saturated heterocycles. The summed E-state index contributed by atoms with van der Waals surface area (Å²) in [5.74, 6) is 0.117. The fourth-order valence-electron chi connectivity index (χ4n) is 1.11. The average molecular weight is 221 g/mol. The van der Waals surface area contributed by atoms with Gasteiger partial charge in [0.15, 0.2) is 0 Å². The lowest BCUT2D eigenvalue weighted by atomic mass is 10.2. The van der Waals surface area contributed by atoms with E-state index in [2.05, 4.69) is 9.72 Å². The van der Waals surface area contributed by atoms with Gasteiger partial charge in [-0.15, -0.1) is 11.3 Å². The SMILES string of the molecule is O=C(O)Oc1csc(-c2ccccc2)n1. The zero-order valence-electron chi connectivity index (χ0n) is 7.58. The maximum Gasteiger partial charge on any atom is 0.512 e. The van der Waals surface area contributed by atoms with E-state index in [9.17, 15) is 4.79 Å². The van der Waals surface area contributed by atoms with Gasteiger partial charge >= 0.3 is 6.16 Å². The van der Waals surface area contributed by atoms with E-state index in [1.165, 1.54) is 11.3 Å². The minimum Gasteiger partial charge on any atom is -0.449 e. The summed E-state index contributed by atoms with van der Waals surface area (Å²) < 4.78 is 4.43. The van der Waals surface area contributed by atoms with Crippen LogP contribution in [0.2, 0.25) is 0 Å². The van der Waals surface area contributed by atoms with E-state index in [-0.39, 0.29) is 5.88 Å². The Morgan fingerprint density at radius 3 is 2.73 bits per heavy atom. The molecule has 1 aromatic heterocycles. The molecule has 5 heteroatoms. The summed E-state index contributed by atoms with van der Waals surface area (Å²) in [6, 6.07) is 9.52. The molecule has 1 heterocycles. The van der Waals surface area contributed by atoms with Crippen LogP contribution in [0.3, 0.4) is 0 Å². The number of hydrogen-bond donors (Lipinski definition) is 1. The number of carboxylic acid groups (broad SMARTS) is 1. The van der Waals surface area contributed by atoms with Gasteiger partial charge in [0.05, 0.1) is 5.38 Å². The molecule has 0 atom stereocenters. The molecule has 76 valence electrons. The molecule has 1 N–H and O–H groups in total. The number of hydrogen-bond acceptors (Lipinski definition) is 4. The number of thiazole rings is 1. The molecule has 0 bridgehead atoms. The molecule has 0 aliphatic heterocycles. The number of carbonyl (C=O) groups is 1. The van der Waals surface area contributed by atoms with Crippen LogP contribution in [0.25, 0.3) is 10.6 Å². The zero-order valence-corrected chi connectivity index (χ0v) is 8.40. The lowest BCUT2D eigenvalue weighted by Crippen LogP contribution is -2.02. The normalized spacial score (nSPS) is 9.87. The number of ether oxygens (including phenoxy) is 1. The van der Waals surface area contributed by atoms with Crippen molar-refractivity contribution in [3.05, 3.63) is 35.7 Å². The molecule has 2 rings (SSSR count). The first-order chi connectivity index (χ1) is 7.25. The Kier molecular flexibility index (Phi) is 2.64. The van der Waals surface area contributed by atoms with Crippen LogP contribution < -0.4 is 4.74 Å². The third-order valence-corrected chi connectivity index (χ3v) is 2.57. The van der Waals surface area contributed by atoms with E-state index in [4.69, 9.17) is 5.11 Å². The van der Waals surface area contributed by atoms with E-state index in [1.807, 2.05) is 30.3 Å². The molecular formula is C10H7NO3S. The Hall–Kier alpha value is -1.88. The highest BCUT2D eigenvalue weighted by Gasteiger charge is 2.07. The predicted octanol–water partition coefficient (Wildman–Crippen LogP) is 2.87. The minimum absolute atomic E-state index is 0.117. The van der Waals surface area contributed by atoms with Gasteiger partial charge in [0, 0.05) is 5.56 Å². The van der Waals surface area contributed by atoms with Gasteiger partial charge < -0.3 is 9.84 Å². The first-order valence-corrected chi connectivity index (χ1v) is 5.05. The number of benzene rings is 1. The molecule has 0 spiro atoms. The summed E-state index contributed by atoms with van der Waals surface area (Å²) in [6.45, 7) is 0. The molecular weight excluding hydrogens is 214 g/mol. The van der Waals surface area contributed by atoms with Gasteiger partial charge in [-0.1, -0.05) is 30.3 Å². The topological polar surface area (TPSA) is 59.4 Å². The fraction of sp³-hybridized carbons (Fsp3) is 0. The van der Waals surface area contributed by atoms with Crippen molar-refractivity contribution in [3.8, 4) is 16.5 Å². The van der Waals surface area contributed by atoms with Crippen molar-refractivity contribution >= 4 is 17.5 Å². The molecule has 0 aliphatic carbocycles. The smallest absolute Gasteiger partial charge is 0.449 e. The maximum absolute atomic E-state index is 10.3. The lowest BCUT2D eigenvalue weighted by Gasteiger charge is -1.94. The van der Waals surface area contributed by atoms with E-state index in [1.54, 1.807) is 5.38 Å². The molecule has 4 nitrogen and oxygen atoms in total. The highest BCUT2D eigenvalue weighted by Crippen LogP contribution is 2.26. The second-order valence-electron chi connectivity index (χ2n) is 2.72. The van der Waals surface area contributed by atoms with Crippen molar-refractivity contribution in [1.29, 1.82) is 0 Å². The number of nitrogens with zero attached hydrogens (tertiary/aromatic N) is 1. The van der Waals surface area contributed by atoms with Gasteiger partial charge in [-0.3, -0.25) is 0 Å². The minimum atomic E-state index is -1.35. The monoisotopic (exact) mass is 221 g/mol. The third-order valence-electron chi connectivity index (χ3n) is 1.70. The summed E-state index contributed by atoms with van der Waals surface area (Å²) in [4.78, 5) is 14.3. The van der Waals surface area contributed by atoms with Crippen molar-refractivity contribution in [2.24, 2.45) is 0 Å². The quantitative estimate of drug-likeness (QED) is 0.792. The summed E-state index contributed by atoms with van der Waals surface area (Å²) in [5.41, 5.74) is 0.947. The van der Waals surface area contributed by atoms with Crippen LogP contribution in [-0.2, 0) is 0 Å². The predicted molar refractivity (Wildman–Crippen MR) is 56.2 cm³/mol. The molecule has 1 aromatic carbocycles. The molecule has 0 unspecified atom stereocenters. The highest BCUT2D eigenvalue weighted by molar-refractivity contribution is 7.13. The van der Waals surface area contributed by atoms with Crippen LogP contribution in [0.1, 0.15) is 0 Å². The maximum atomic E-state index is 10.3. The first kappa shape index (κ1) is 9.67. The molecule has 0 fully saturated rings. The van der Waals surface area contributed by atoms with E-state index < -0.39 is 6.16 Å². The Morgan fingerprint density at radius 2 is 2.07 bits per heavy atom. The standard InChI is InChI=1S/C10H7NO3S/c12-10(13)14-8-6-15-9(11-8)7-4-2-1-3-5-7/h1-6H,(H,12,13). The van der Waals surface area contributed by atoms with Crippen molar-refractivity contribution in [1.82, 2.24) is 4.98 Å². The Morgan fingerprint density at radius 1 is 1.33 bits per heavy atom.